The van der Waals surface area contributed by atoms with E-state index in [4.69, 9.17) is 9.47 Å². The maximum absolute atomic E-state index is 13.9. The van der Waals surface area contributed by atoms with Crippen molar-refractivity contribution in [1.82, 2.24) is 4.90 Å². The Bertz CT molecular complexity index is 935. The molecule has 5 rings (SSSR count). The maximum atomic E-state index is 13.9. The van der Waals surface area contributed by atoms with Crippen LogP contribution in [-0.2, 0) is 25.3 Å². The molecule has 3 heterocycles. The molecule has 1 amide bonds. The van der Waals surface area contributed by atoms with Crippen molar-refractivity contribution in [3.8, 4) is 0 Å². The van der Waals surface area contributed by atoms with E-state index in [9.17, 15) is 9.59 Å². The predicted molar refractivity (Wildman–Crippen MR) is 108 cm³/mol. The van der Waals surface area contributed by atoms with E-state index in [0.717, 1.165) is 24.0 Å². The number of rotatable bonds is 2. The lowest BCUT2D eigenvalue weighted by atomic mass is 9.72. The van der Waals surface area contributed by atoms with E-state index in [1.54, 1.807) is 0 Å². The van der Waals surface area contributed by atoms with Crippen LogP contribution in [0.4, 0.5) is 0 Å². The monoisotopic (exact) mass is 391 g/mol. The van der Waals surface area contributed by atoms with Crippen LogP contribution in [0, 0.1) is 0 Å². The number of hydrogen-bond acceptors (Lipinski definition) is 4. The molecule has 0 aromatic heterocycles. The number of likely N-dealkylation sites (tertiary alicyclic amines) is 1. The topological polar surface area (TPSA) is 55.8 Å². The van der Waals surface area contributed by atoms with Crippen molar-refractivity contribution in [3.05, 3.63) is 71.3 Å². The Morgan fingerprint density at radius 3 is 2.45 bits per heavy atom. The van der Waals surface area contributed by atoms with Crippen LogP contribution in [0.2, 0.25) is 0 Å². The molecule has 0 saturated carbocycles. The second kappa shape index (κ2) is 6.99. The van der Waals surface area contributed by atoms with E-state index in [0.29, 0.717) is 44.7 Å². The van der Waals surface area contributed by atoms with Gasteiger partial charge in [-0.1, -0.05) is 48.5 Å². The predicted octanol–water partition coefficient (Wildman–Crippen LogP) is 3.42. The Kier molecular flexibility index (Phi) is 4.43. The molecular formula is C24H25NO4. The van der Waals surface area contributed by atoms with Gasteiger partial charge in [0, 0.05) is 25.3 Å². The molecular weight excluding hydrogens is 366 g/mol. The van der Waals surface area contributed by atoms with Crippen molar-refractivity contribution in [2.24, 2.45) is 0 Å². The van der Waals surface area contributed by atoms with Crippen molar-refractivity contribution >= 4 is 11.9 Å². The Labute approximate surface area is 170 Å². The van der Waals surface area contributed by atoms with E-state index in [-0.39, 0.29) is 11.9 Å². The first-order valence-electron chi connectivity index (χ1n) is 10.4. The summed E-state index contributed by atoms with van der Waals surface area (Å²) in [6.45, 7) is 2.27. The largest absolute Gasteiger partial charge is 0.449 e. The zero-order valence-electron chi connectivity index (χ0n) is 16.4. The molecule has 150 valence electrons. The lowest BCUT2D eigenvalue weighted by Crippen LogP contribution is -2.56. The van der Waals surface area contributed by atoms with Gasteiger partial charge >= 0.3 is 5.97 Å². The van der Waals surface area contributed by atoms with Crippen LogP contribution in [0.1, 0.15) is 47.2 Å². The quantitative estimate of drug-likeness (QED) is 0.736. The minimum absolute atomic E-state index is 0.131. The lowest BCUT2D eigenvalue weighted by molar-refractivity contribution is -0.148. The van der Waals surface area contributed by atoms with Crippen molar-refractivity contribution in [2.45, 2.75) is 36.7 Å². The molecule has 2 saturated heterocycles. The number of amides is 1. The van der Waals surface area contributed by atoms with E-state index >= 15 is 0 Å². The number of piperidine rings is 1. The highest BCUT2D eigenvalue weighted by Gasteiger charge is 2.52. The van der Waals surface area contributed by atoms with E-state index in [1.807, 2.05) is 59.5 Å². The first-order valence-corrected chi connectivity index (χ1v) is 10.4. The molecule has 0 aliphatic carbocycles. The summed E-state index contributed by atoms with van der Waals surface area (Å²) in [5, 5.41) is 0. The van der Waals surface area contributed by atoms with Crippen LogP contribution in [0.3, 0.4) is 0 Å². The standard InChI is InChI=1S/C24H25NO4/c26-21-19-9-4-5-10-20(19)24(29-21)11-6-14-25(17-24)22(27)23(12-15-28-16-13-23)18-7-2-1-3-8-18/h1-5,7-10H,6,11-17H2. The first kappa shape index (κ1) is 18.4. The van der Waals surface area contributed by atoms with Crippen LogP contribution in [0.15, 0.2) is 54.6 Å². The normalized spacial score (nSPS) is 25.5. The van der Waals surface area contributed by atoms with Gasteiger partial charge in [0.25, 0.3) is 0 Å². The Hall–Kier alpha value is -2.66. The number of nitrogens with zero attached hydrogens (tertiary/aromatic N) is 1. The van der Waals surface area contributed by atoms with Gasteiger partial charge in [0.05, 0.1) is 17.5 Å². The second-order valence-electron chi connectivity index (χ2n) is 8.32. The average Bonchev–Trinajstić information content (AvgIpc) is 3.05. The van der Waals surface area contributed by atoms with E-state index < -0.39 is 11.0 Å². The highest BCUT2D eigenvalue weighted by atomic mass is 16.6. The SMILES string of the molecule is O=C1OC2(CCCN(C(=O)C3(c4ccccc4)CCOCC3)C2)c2ccccc21. The van der Waals surface area contributed by atoms with Crippen LogP contribution >= 0.6 is 0 Å². The van der Waals surface area contributed by atoms with Gasteiger partial charge in [0.1, 0.15) is 0 Å². The Balaban J connectivity index is 1.49. The highest BCUT2D eigenvalue weighted by molar-refractivity contribution is 5.95. The molecule has 2 fully saturated rings. The third-order valence-electron chi connectivity index (χ3n) is 6.75. The summed E-state index contributed by atoms with van der Waals surface area (Å²) < 4.78 is 11.5. The minimum Gasteiger partial charge on any atom is -0.449 e. The first-order chi connectivity index (χ1) is 14.1. The average molecular weight is 391 g/mol. The Morgan fingerprint density at radius 2 is 1.66 bits per heavy atom. The van der Waals surface area contributed by atoms with Crippen LogP contribution in [0.25, 0.3) is 0 Å². The highest BCUT2D eigenvalue weighted by Crippen LogP contribution is 2.45. The summed E-state index contributed by atoms with van der Waals surface area (Å²) >= 11 is 0. The Morgan fingerprint density at radius 1 is 0.931 bits per heavy atom. The smallest absolute Gasteiger partial charge is 0.339 e. The number of fused-ring (bicyclic) bond motifs is 2. The molecule has 1 spiro atoms. The van der Waals surface area contributed by atoms with Crippen LogP contribution in [0.5, 0.6) is 0 Å². The zero-order chi connectivity index (χ0) is 19.9. The summed E-state index contributed by atoms with van der Waals surface area (Å²) in [4.78, 5) is 28.3. The molecule has 1 atom stereocenters. The van der Waals surface area contributed by atoms with Crippen molar-refractivity contribution < 1.29 is 19.1 Å². The van der Waals surface area contributed by atoms with Gasteiger partial charge in [-0.3, -0.25) is 4.79 Å². The number of hydrogen-bond donors (Lipinski definition) is 0. The van der Waals surface area contributed by atoms with E-state index in [1.165, 1.54) is 0 Å². The van der Waals surface area contributed by atoms with Crippen molar-refractivity contribution in [1.29, 1.82) is 0 Å². The summed E-state index contributed by atoms with van der Waals surface area (Å²) in [6, 6.07) is 17.6. The molecule has 5 heteroatoms. The molecule has 0 N–H and O–H groups in total. The fourth-order valence-corrected chi connectivity index (χ4v) is 5.25. The van der Waals surface area contributed by atoms with Gasteiger partial charge in [-0.05, 0) is 37.3 Å². The summed E-state index contributed by atoms with van der Waals surface area (Å²) in [6.07, 6.45) is 2.92. The van der Waals surface area contributed by atoms with Crippen molar-refractivity contribution in [2.75, 3.05) is 26.3 Å². The van der Waals surface area contributed by atoms with Crippen LogP contribution in [-0.4, -0.2) is 43.1 Å². The third-order valence-corrected chi connectivity index (χ3v) is 6.75. The second-order valence-corrected chi connectivity index (χ2v) is 8.32. The summed E-state index contributed by atoms with van der Waals surface area (Å²) in [7, 11) is 0. The number of carbonyl (C=O) groups is 2. The molecule has 3 aliphatic heterocycles. The van der Waals surface area contributed by atoms with Gasteiger partial charge in [-0.15, -0.1) is 0 Å². The molecule has 1 unspecified atom stereocenters. The van der Waals surface area contributed by atoms with Gasteiger partial charge < -0.3 is 14.4 Å². The van der Waals surface area contributed by atoms with Gasteiger partial charge in [0.2, 0.25) is 5.91 Å². The van der Waals surface area contributed by atoms with E-state index in [2.05, 4.69) is 0 Å². The summed E-state index contributed by atoms with van der Waals surface area (Å²) in [5.74, 6) is -0.148. The molecule has 2 aromatic rings. The molecule has 2 aromatic carbocycles. The molecule has 0 bridgehead atoms. The lowest BCUT2D eigenvalue weighted by Gasteiger charge is -2.45. The number of carbonyl (C=O) groups excluding carboxylic acids is 2. The minimum atomic E-state index is -0.718. The van der Waals surface area contributed by atoms with Gasteiger partial charge in [-0.2, -0.15) is 0 Å². The molecule has 29 heavy (non-hydrogen) atoms. The van der Waals surface area contributed by atoms with Crippen molar-refractivity contribution in [3.63, 3.8) is 0 Å². The van der Waals surface area contributed by atoms with Gasteiger partial charge in [-0.25, -0.2) is 4.79 Å². The molecule has 0 radical (unpaired) electrons. The van der Waals surface area contributed by atoms with Crippen LogP contribution < -0.4 is 0 Å². The maximum Gasteiger partial charge on any atom is 0.339 e. The summed E-state index contributed by atoms with van der Waals surface area (Å²) in [5.41, 5.74) is 1.32. The number of ether oxygens (including phenoxy) is 2. The third kappa shape index (κ3) is 2.87. The fraction of sp³-hybridized carbons (Fsp3) is 0.417. The number of esters is 1. The fourth-order valence-electron chi connectivity index (χ4n) is 5.25. The zero-order valence-corrected chi connectivity index (χ0v) is 16.4. The molecule has 5 nitrogen and oxygen atoms in total. The number of benzene rings is 2. The van der Waals surface area contributed by atoms with Gasteiger partial charge in [0.15, 0.2) is 5.60 Å². The molecule has 3 aliphatic rings.